The van der Waals surface area contributed by atoms with Gasteiger partial charge in [0.15, 0.2) is 0 Å². The van der Waals surface area contributed by atoms with Gasteiger partial charge in [-0.2, -0.15) is 0 Å². The molecule has 2 amide bonds. The second-order valence-corrected chi connectivity index (χ2v) is 8.51. The van der Waals surface area contributed by atoms with Crippen molar-refractivity contribution in [3.05, 3.63) is 65.7 Å². The number of hydrogen-bond donors (Lipinski definition) is 0. The third kappa shape index (κ3) is 4.27. The van der Waals surface area contributed by atoms with E-state index in [0.717, 1.165) is 16.8 Å². The molecule has 4 heteroatoms. The van der Waals surface area contributed by atoms with Gasteiger partial charge in [-0.05, 0) is 29.5 Å². The van der Waals surface area contributed by atoms with E-state index in [9.17, 15) is 9.59 Å². The Morgan fingerprint density at radius 2 is 1.71 bits per heavy atom. The summed E-state index contributed by atoms with van der Waals surface area (Å²) >= 11 is 0. The van der Waals surface area contributed by atoms with Crippen molar-refractivity contribution in [1.29, 1.82) is 0 Å². The van der Waals surface area contributed by atoms with Gasteiger partial charge in [0.2, 0.25) is 11.8 Å². The minimum Gasteiger partial charge on any atom is -0.338 e. The number of hydrogen-bond acceptors (Lipinski definition) is 2. The molecule has 0 bridgehead atoms. The fourth-order valence-corrected chi connectivity index (χ4v) is 3.86. The molecule has 0 spiro atoms. The summed E-state index contributed by atoms with van der Waals surface area (Å²) in [6.07, 6.45) is 0.280. The molecule has 1 saturated heterocycles. The first-order chi connectivity index (χ1) is 13.3. The molecule has 0 aromatic heterocycles. The lowest BCUT2D eigenvalue weighted by Gasteiger charge is -2.28. The number of carbonyl (C=O) groups excluding carboxylic acids is 2. The van der Waals surface area contributed by atoms with Gasteiger partial charge >= 0.3 is 0 Å². The van der Waals surface area contributed by atoms with Crippen molar-refractivity contribution in [3.63, 3.8) is 0 Å². The Labute approximate surface area is 168 Å². The summed E-state index contributed by atoms with van der Waals surface area (Å²) in [5.41, 5.74) is 3.10. The van der Waals surface area contributed by atoms with E-state index in [0.29, 0.717) is 19.6 Å². The van der Waals surface area contributed by atoms with Crippen LogP contribution in [0.3, 0.4) is 0 Å². The van der Waals surface area contributed by atoms with Crippen LogP contribution in [-0.2, 0) is 21.5 Å². The van der Waals surface area contributed by atoms with Gasteiger partial charge in [-0.15, -0.1) is 0 Å². The molecule has 0 radical (unpaired) electrons. The molecule has 1 heterocycles. The number of anilines is 1. The Bertz CT molecular complexity index is 839. The van der Waals surface area contributed by atoms with Crippen LogP contribution < -0.4 is 4.90 Å². The van der Waals surface area contributed by atoms with Crippen LogP contribution in [0.5, 0.6) is 0 Å². The summed E-state index contributed by atoms with van der Waals surface area (Å²) in [6.45, 7) is 10.1. The Balaban J connectivity index is 1.78. The molecule has 0 aliphatic carbocycles. The SMILES string of the molecule is CCN(Cc1ccccc1)C(=O)C1CC(=O)N(c2ccccc2C(C)(C)C)C1. The maximum atomic E-state index is 13.1. The average Bonchev–Trinajstić information content (AvgIpc) is 3.07. The fourth-order valence-electron chi connectivity index (χ4n) is 3.86. The standard InChI is InChI=1S/C24H30N2O2/c1-5-25(16-18-11-7-6-8-12-18)23(28)19-15-22(27)26(17-19)21-14-10-9-13-20(21)24(2,3)4/h6-14,19H,5,15-17H2,1-4H3. The summed E-state index contributed by atoms with van der Waals surface area (Å²) in [6, 6.07) is 18.0. The summed E-state index contributed by atoms with van der Waals surface area (Å²) in [4.78, 5) is 29.6. The zero-order valence-corrected chi connectivity index (χ0v) is 17.3. The molecule has 1 atom stereocenters. The normalized spacial score (nSPS) is 17.1. The monoisotopic (exact) mass is 378 g/mol. The average molecular weight is 379 g/mol. The largest absolute Gasteiger partial charge is 0.338 e. The van der Waals surface area contributed by atoms with Crippen molar-refractivity contribution in [2.75, 3.05) is 18.0 Å². The van der Waals surface area contributed by atoms with Crippen LogP contribution in [0.25, 0.3) is 0 Å². The summed E-state index contributed by atoms with van der Waals surface area (Å²) in [7, 11) is 0. The molecule has 2 aromatic rings. The number of rotatable bonds is 5. The molecule has 1 aliphatic rings. The van der Waals surface area contributed by atoms with Crippen LogP contribution in [-0.4, -0.2) is 29.8 Å². The van der Waals surface area contributed by atoms with Crippen LogP contribution in [0.1, 0.15) is 45.2 Å². The van der Waals surface area contributed by atoms with Crippen molar-refractivity contribution in [3.8, 4) is 0 Å². The van der Waals surface area contributed by atoms with Crippen LogP contribution >= 0.6 is 0 Å². The molecule has 1 aliphatic heterocycles. The topological polar surface area (TPSA) is 40.6 Å². The van der Waals surface area contributed by atoms with Gasteiger partial charge in [-0.25, -0.2) is 0 Å². The Morgan fingerprint density at radius 1 is 1.07 bits per heavy atom. The molecule has 148 valence electrons. The van der Waals surface area contributed by atoms with Gasteiger partial charge in [-0.3, -0.25) is 9.59 Å². The molecule has 3 rings (SSSR count). The predicted molar refractivity (Wildman–Crippen MR) is 113 cm³/mol. The van der Waals surface area contributed by atoms with E-state index in [-0.39, 0.29) is 29.6 Å². The van der Waals surface area contributed by atoms with E-state index in [2.05, 4.69) is 26.8 Å². The third-order valence-electron chi connectivity index (χ3n) is 5.39. The molecular weight excluding hydrogens is 348 g/mol. The van der Waals surface area contributed by atoms with E-state index in [1.165, 1.54) is 0 Å². The maximum absolute atomic E-state index is 13.1. The number of benzene rings is 2. The van der Waals surface area contributed by atoms with Gasteiger partial charge < -0.3 is 9.80 Å². The molecule has 4 nitrogen and oxygen atoms in total. The Morgan fingerprint density at radius 3 is 2.36 bits per heavy atom. The second-order valence-electron chi connectivity index (χ2n) is 8.51. The minimum atomic E-state index is -0.288. The predicted octanol–water partition coefficient (Wildman–Crippen LogP) is 4.39. The van der Waals surface area contributed by atoms with Crippen LogP contribution in [0, 0.1) is 5.92 Å². The van der Waals surface area contributed by atoms with Gasteiger partial charge in [-0.1, -0.05) is 69.3 Å². The zero-order chi connectivity index (χ0) is 20.3. The second kappa shape index (κ2) is 8.17. The van der Waals surface area contributed by atoms with Crippen LogP contribution in [0.15, 0.2) is 54.6 Å². The Kier molecular flexibility index (Phi) is 5.87. The third-order valence-corrected chi connectivity index (χ3v) is 5.39. The molecule has 0 N–H and O–H groups in total. The first kappa shape index (κ1) is 20.1. The van der Waals surface area contributed by atoms with E-state index in [1.54, 1.807) is 4.90 Å². The van der Waals surface area contributed by atoms with Crippen molar-refractivity contribution in [1.82, 2.24) is 4.90 Å². The van der Waals surface area contributed by atoms with Crippen molar-refractivity contribution >= 4 is 17.5 Å². The van der Waals surface area contributed by atoms with E-state index in [1.807, 2.05) is 60.4 Å². The van der Waals surface area contributed by atoms with Gasteiger partial charge in [0.25, 0.3) is 0 Å². The van der Waals surface area contributed by atoms with Crippen molar-refractivity contribution in [2.45, 2.75) is 46.1 Å². The molecule has 1 fully saturated rings. The molecule has 2 aromatic carbocycles. The van der Waals surface area contributed by atoms with Crippen molar-refractivity contribution in [2.24, 2.45) is 5.92 Å². The quantitative estimate of drug-likeness (QED) is 0.774. The van der Waals surface area contributed by atoms with Crippen molar-refractivity contribution < 1.29 is 9.59 Å². The van der Waals surface area contributed by atoms with Crippen LogP contribution in [0.2, 0.25) is 0 Å². The van der Waals surface area contributed by atoms with E-state index >= 15 is 0 Å². The van der Waals surface area contributed by atoms with E-state index in [4.69, 9.17) is 0 Å². The molecule has 1 unspecified atom stereocenters. The lowest BCUT2D eigenvalue weighted by molar-refractivity contribution is -0.136. The highest BCUT2D eigenvalue weighted by Gasteiger charge is 2.38. The number of nitrogens with zero attached hydrogens (tertiary/aromatic N) is 2. The Hall–Kier alpha value is -2.62. The van der Waals surface area contributed by atoms with Gasteiger partial charge in [0.1, 0.15) is 0 Å². The number of carbonyl (C=O) groups is 2. The summed E-state index contributed by atoms with van der Waals surface area (Å²) < 4.78 is 0. The minimum absolute atomic E-state index is 0.0332. The number of para-hydroxylation sites is 1. The lowest BCUT2D eigenvalue weighted by atomic mass is 9.85. The fraction of sp³-hybridized carbons (Fsp3) is 0.417. The summed E-state index contributed by atoms with van der Waals surface area (Å²) in [5.74, 6) is -0.189. The van der Waals surface area contributed by atoms with Crippen LogP contribution in [0.4, 0.5) is 5.69 Å². The highest BCUT2D eigenvalue weighted by atomic mass is 16.2. The lowest BCUT2D eigenvalue weighted by Crippen LogP contribution is -2.37. The zero-order valence-electron chi connectivity index (χ0n) is 17.3. The number of amides is 2. The highest BCUT2D eigenvalue weighted by molar-refractivity contribution is 6.01. The van der Waals surface area contributed by atoms with Gasteiger partial charge in [0, 0.05) is 31.7 Å². The molecule has 28 heavy (non-hydrogen) atoms. The smallest absolute Gasteiger partial charge is 0.228 e. The molecule has 0 saturated carbocycles. The summed E-state index contributed by atoms with van der Waals surface area (Å²) in [5, 5.41) is 0. The molecular formula is C24H30N2O2. The first-order valence-electron chi connectivity index (χ1n) is 10.0. The maximum Gasteiger partial charge on any atom is 0.228 e. The van der Waals surface area contributed by atoms with Gasteiger partial charge in [0.05, 0.1) is 5.92 Å². The highest BCUT2D eigenvalue weighted by Crippen LogP contribution is 2.35. The van der Waals surface area contributed by atoms with E-state index < -0.39 is 0 Å². The first-order valence-corrected chi connectivity index (χ1v) is 10.0.